The molecule has 2 amide bonds. The molecule has 0 unspecified atom stereocenters. The van der Waals surface area contributed by atoms with E-state index in [2.05, 4.69) is 26.3 Å². The molecule has 0 aromatic carbocycles. The minimum atomic E-state index is -0.563. The number of carbonyl (C=O) groups is 2. The van der Waals surface area contributed by atoms with Crippen molar-refractivity contribution in [2.75, 3.05) is 0 Å². The van der Waals surface area contributed by atoms with Crippen molar-refractivity contribution in [2.24, 2.45) is 4.99 Å². The molecule has 0 saturated carbocycles. The Labute approximate surface area is 105 Å². The summed E-state index contributed by atoms with van der Waals surface area (Å²) >= 11 is 2.48. The average Bonchev–Trinajstić information content (AvgIpc) is 2.74. The average molecular weight is 294 g/mol. The van der Waals surface area contributed by atoms with Crippen LogP contribution in [-0.4, -0.2) is 32.6 Å². The molecule has 6 heteroatoms. The Morgan fingerprint density at radius 2 is 2.24 bits per heavy atom. The van der Waals surface area contributed by atoms with E-state index in [1.165, 1.54) is 12.3 Å². The second-order valence-electron chi connectivity index (χ2n) is 3.13. The van der Waals surface area contributed by atoms with Gasteiger partial charge in [0.05, 0.1) is 0 Å². The first-order chi connectivity index (χ1) is 8.16. The molecular formula is C11H7N2O3Se. The molecule has 2 rings (SSSR count). The fraction of sp³-hybridized carbons (Fsp3) is 0. The van der Waals surface area contributed by atoms with Gasteiger partial charge in [-0.15, -0.1) is 0 Å². The van der Waals surface area contributed by atoms with Gasteiger partial charge in [-0.05, 0) is 0 Å². The fourth-order valence-corrected chi connectivity index (χ4v) is 1.58. The van der Waals surface area contributed by atoms with Crippen LogP contribution in [0.25, 0.3) is 6.08 Å². The quantitative estimate of drug-likeness (QED) is 0.487. The van der Waals surface area contributed by atoms with Crippen LogP contribution in [0.4, 0.5) is 0 Å². The normalized spacial score (nSPS) is 18.6. The van der Waals surface area contributed by atoms with E-state index < -0.39 is 11.8 Å². The van der Waals surface area contributed by atoms with Crippen LogP contribution in [0.1, 0.15) is 5.76 Å². The number of hydrogen-bond acceptors (Lipinski definition) is 3. The van der Waals surface area contributed by atoms with Crippen molar-refractivity contribution in [1.82, 2.24) is 5.32 Å². The van der Waals surface area contributed by atoms with Crippen LogP contribution >= 0.6 is 0 Å². The Morgan fingerprint density at radius 1 is 1.41 bits per heavy atom. The third-order valence-electron chi connectivity index (χ3n) is 1.97. The number of aliphatic imine (C=N–C) groups is 1. The predicted octanol–water partition coefficient (Wildman–Crippen LogP) is 0.400. The second kappa shape index (κ2) is 4.95. The standard InChI is InChI=1S/C11H7N2O3Se/c14-9-8(10(15)13-11(17)12-9)5-1-3-7-4-2-6-16-7/h1-6H,(H,12,13,14,15)/b3-1+. The van der Waals surface area contributed by atoms with E-state index >= 15 is 0 Å². The van der Waals surface area contributed by atoms with Crippen molar-refractivity contribution in [2.45, 2.75) is 0 Å². The van der Waals surface area contributed by atoms with Crippen molar-refractivity contribution >= 4 is 38.6 Å². The van der Waals surface area contributed by atoms with Gasteiger partial charge >= 0.3 is 105 Å². The second-order valence-corrected chi connectivity index (χ2v) is 3.94. The van der Waals surface area contributed by atoms with Gasteiger partial charge in [0.1, 0.15) is 0 Å². The van der Waals surface area contributed by atoms with Crippen LogP contribution in [0.15, 0.2) is 45.5 Å². The summed E-state index contributed by atoms with van der Waals surface area (Å²) in [5.74, 6) is -0.395. The third kappa shape index (κ3) is 2.81. The molecule has 5 nitrogen and oxygen atoms in total. The molecule has 1 aromatic rings. The summed E-state index contributed by atoms with van der Waals surface area (Å²) in [6, 6.07) is 3.50. The molecule has 1 radical (unpaired) electrons. The van der Waals surface area contributed by atoms with Gasteiger partial charge in [0, 0.05) is 0 Å². The summed E-state index contributed by atoms with van der Waals surface area (Å²) in [4.78, 5) is 26.5. The first-order valence-corrected chi connectivity index (χ1v) is 5.56. The van der Waals surface area contributed by atoms with Gasteiger partial charge in [-0.3, -0.25) is 0 Å². The molecule has 1 aliphatic rings. The number of hydrogen-bond donors (Lipinski definition) is 1. The van der Waals surface area contributed by atoms with Crippen molar-refractivity contribution in [1.29, 1.82) is 0 Å². The molecule has 0 bridgehead atoms. The number of rotatable bonds is 2. The van der Waals surface area contributed by atoms with E-state index in [-0.39, 0.29) is 10.3 Å². The molecule has 0 atom stereocenters. The first-order valence-electron chi connectivity index (χ1n) is 4.70. The maximum absolute atomic E-state index is 11.4. The summed E-state index contributed by atoms with van der Waals surface area (Å²) in [7, 11) is 0. The van der Waals surface area contributed by atoms with Gasteiger partial charge < -0.3 is 0 Å². The molecular weight excluding hydrogens is 287 g/mol. The number of allylic oxidation sites excluding steroid dienone is 2. The van der Waals surface area contributed by atoms with Crippen LogP contribution in [0.5, 0.6) is 0 Å². The Kier molecular flexibility index (Phi) is 3.37. The van der Waals surface area contributed by atoms with Gasteiger partial charge in [-0.25, -0.2) is 0 Å². The van der Waals surface area contributed by atoms with Gasteiger partial charge in [0.15, 0.2) is 0 Å². The maximum atomic E-state index is 11.4. The molecule has 1 N–H and O–H groups in total. The molecule has 2 heterocycles. The summed E-state index contributed by atoms with van der Waals surface area (Å²) in [6.45, 7) is 0. The van der Waals surface area contributed by atoms with E-state index in [9.17, 15) is 9.59 Å². The van der Waals surface area contributed by atoms with E-state index in [1.54, 1.807) is 24.3 Å². The Balaban J connectivity index is 2.17. The Bertz CT molecular complexity index is 541. The molecule has 85 valence electrons. The van der Waals surface area contributed by atoms with Crippen LogP contribution in [-0.2, 0) is 9.59 Å². The zero-order chi connectivity index (χ0) is 12.3. The number of carbonyl (C=O) groups excluding carboxylic acids is 2. The van der Waals surface area contributed by atoms with Gasteiger partial charge in [-0.2, -0.15) is 0 Å². The fourth-order valence-electron chi connectivity index (χ4n) is 1.21. The summed E-state index contributed by atoms with van der Waals surface area (Å²) in [5.41, 5.74) is -0.00759. The predicted molar refractivity (Wildman–Crippen MR) is 62.2 cm³/mol. The summed E-state index contributed by atoms with van der Waals surface area (Å²) in [6.07, 6.45) is 6.14. The number of amides is 2. The Hall–Kier alpha value is -1.91. The SMILES string of the molecule is O=C1N=C([Se])NC(=O)/C1=C/C=C/c1ccco1. The molecule has 0 fully saturated rings. The van der Waals surface area contributed by atoms with Crippen LogP contribution < -0.4 is 5.32 Å². The van der Waals surface area contributed by atoms with Crippen molar-refractivity contribution in [3.05, 3.63) is 41.9 Å². The minimum absolute atomic E-state index is 0.00759. The summed E-state index contributed by atoms with van der Waals surface area (Å²) in [5, 5.41) is 2.41. The molecule has 0 saturated heterocycles. The number of furan rings is 1. The number of amidine groups is 1. The van der Waals surface area contributed by atoms with Gasteiger partial charge in [0.25, 0.3) is 0 Å². The van der Waals surface area contributed by atoms with Gasteiger partial charge in [-0.1, -0.05) is 0 Å². The molecule has 0 aliphatic carbocycles. The summed E-state index contributed by atoms with van der Waals surface area (Å²) < 4.78 is 5.25. The van der Waals surface area contributed by atoms with Crippen LogP contribution in [0.2, 0.25) is 0 Å². The van der Waals surface area contributed by atoms with E-state index in [4.69, 9.17) is 4.42 Å². The molecule has 1 aliphatic heterocycles. The van der Waals surface area contributed by atoms with Crippen LogP contribution in [0, 0.1) is 0 Å². The molecule has 17 heavy (non-hydrogen) atoms. The number of nitrogens with one attached hydrogen (secondary N) is 1. The van der Waals surface area contributed by atoms with Crippen molar-refractivity contribution in [3.63, 3.8) is 0 Å². The van der Waals surface area contributed by atoms with E-state index in [1.807, 2.05) is 0 Å². The van der Waals surface area contributed by atoms with Crippen LogP contribution in [0.3, 0.4) is 0 Å². The zero-order valence-corrected chi connectivity index (χ0v) is 10.3. The monoisotopic (exact) mass is 295 g/mol. The molecule has 0 spiro atoms. The molecule has 1 aromatic heterocycles. The van der Waals surface area contributed by atoms with Crippen molar-refractivity contribution in [3.8, 4) is 0 Å². The topological polar surface area (TPSA) is 71.7 Å². The number of nitrogens with zero attached hydrogens (tertiary/aromatic N) is 1. The Morgan fingerprint density at radius 3 is 2.88 bits per heavy atom. The van der Waals surface area contributed by atoms with E-state index in [0.717, 1.165) is 0 Å². The van der Waals surface area contributed by atoms with Gasteiger partial charge in [0.2, 0.25) is 0 Å². The third-order valence-corrected chi connectivity index (χ3v) is 2.37. The van der Waals surface area contributed by atoms with E-state index in [0.29, 0.717) is 5.76 Å². The first kappa shape index (κ1) is 11.6. The van der Waals surface area contributed by atoms with Crippen molar-refractivity contribution < 1.29 is 14.0 Å². The zero-order valence-electron chi connectivity index (χ0n) is 8.54.